The fourth-order valence-electron chi connectivity index (χ4n) is 3.84. The Balaban J connectivity index is 0.00000342. The van der Waals surface area contributed by atoms with Gasteiger partial charge in [0.15, 0.2) is 0 Å². The van der Waals surface area contributed by atoms with Gasteiger partial charge in [0.2, 0.25) is 5.91 Å². The highest BCUT2D eigenvalue weighted by molar-refractivity contribution is 5.97. The number of carbonyl (C=O) groups excluding carboxylic acids is 1. The van der Waals surface area contributed by atoms with Crippen molar-refractivity contribution in [1.29, 1.82) is 5.26 Å². The van der Waals surface area contributed by atoms with Gasteiger partial charge in [-0.15, -0.1) is 12.4 Å². The highest BCUT2D eigenvalue weighted by atomic mass is 35.5. The third-order valence-electron chi connectivity index (χ3n) is 5.82. The third-order valence-corrected chi connectivity index (χ3v) is 5.82. The summed E-state index contributed by atoms with van der Waals surface area (Å²) in [5.41, 5.74) is 10.1. The van der Waals surface area contributed by atoms with E-state index in [1.54, 1.807) is 30.3 Å². The Hall–Kier alpha value is -3.80. The van der Waals surface area contributed by atoms with E-state index < -0.39 is 0 Å². The standard InChI is InChI=1S/C26H28N6O2.ClH/c1-32(2)23-10-9-17(11-22(23)30-25(34)15-29-14-16-7-8-16)19-12-21(31-26(28)20(19)13-27)18-5-3-4-6-24(18)33;/h3-6,9-12,16,29,33H,7-8,14-15H2,1-2H3,(H2,28,31)(H,30,34);1H. The lowest BCUT2D eigenvalue weighted by Crippen LogP contribution is -2.30. The maximum atomic E-state index is 12.6. The zero-order valence-corrected chi connectivity index (χ0v) is 20.5. The first-order valence-corrected chi connectivity index (χ1v) is 11.2. The Morgan fingerprint density at radius 3 is 2.60 bits per heavy atom. The average Bonchev–Trinajstić information content (AvgIpc) is 3.63. The highest BCUT2D eigenvalue weighted by Gasteiger charge is 2.21. The van der Waals surface area contributed by atoms with Crippen molar-refractivity contribution >= 4 is 35.5 Å². The van der Waals surface area contributed by atoms with E-state index in [9.17, 15) is 15.2 Å². The zero-order chi connectivity index (χ0) is 24.2. The number of aromatic nitrogens is 1. The molecular weight excluding hydrogens is 464 g/mol. The van der Waals surface area contributed by atoms with E-state index in [-0.39, 0.29) is 42.0 Å². The number of nitrogens with one attached hydrogen (secondary N) is 2. The van der Waals surface area contributed by atoms with E-state index in [4.69, 9.17) is 5.73 Å². The van der Waals surface area contributed by atoms with Crippen LogP contribution in [-0.4, -0.2) is 43.2 Å². The topological polar surface area (TPSA) is 127 Å². The molecule has 0 atom stereocenters. The zero-order valence-electron chi connectivity index (χ0n) is 19.7. The van der Waals surface area contributed by atoms with E-state index in [0.29, 0.717) is 34.0 Å². The molecule has 182 valence electrons. The number of phenols is 1. The van der Waals surface area contributed by atoms with Crippen LogP contribution >= 0.6 is 12.4 Å². The fourth-order valence-corrected chi connectivity index (χ4v) is 3.84. The molecule has 4 rings (SSSR count). The molecule has 35 heavy (non-hydrogen) atoms. The number of aromatic hydroxyl groups is 1. The molecule has 3 aromatic rings. The summed E-state index contributed by atoms with van der Waals surface area (Å²) in [5.74, 6) is 0.697. The quantitative estimate of drug-likeness (QED) is 0.374. The van der Waals surface area contributed by atoms with Crippen molar-refractivity contribution in [2.75, 3.05) is 43.1 Å². The van der Waals surface area contributed by atoms with Crippen molar-refractivity contribution in [3.8, 4) is 34.2 Å². The number of rotatable bonds is 8. The smallest absolute Gasteiger partial charge is 0.238 e. The van der Waals surface area contributed by atoms with Gasteiger partial charge in [-0.3, -0.25) is 4.79 Å². The second-order valence-electron chi connectivity index (χ2n) is 8.69. The van der Waals surface area contributed by atoms with Crippen LogP contribution in [0.3, 0.4) is 0 Å². The Bertz CT molecular complexity index is 1270. The molecule has 0 aliphatic heterocycles. The highest BCUT2D eigenvalue weighted by Crippen LogP contribution is 2.37. The molecule has 1 heterocycles. The summed E-state index contributed by atoms with van der Waals surface area (Å²) in [7, 11) is 3.80. The summed E-state index contributed by atoms with van der Waals surface area (Å²) in [6.07, 6.45) is 2.45. The number of halogens is 1. The Kier molecular flexibility index (Phi) is 8.18. The number of pyridine rings is 1. The summed E-state index contributed by atoms with van der Waals surface area (Å²) in [4.78, 5) is 18.8. The monoisotopic (exact) mass is 492 g/mol. The normalized spacial score (nSPS) is 12.4. The first-order valence-electron chi connectivity index (χ1n) is 11.2. The van der Waals surface area contributed by atoms with Crippen LogP contribution in [0, 0.1) is 17.2 Å². The van der Waals surface area contributed by atoms with Gasteiger partial charge in [0.1, 0.15) is 23.2 Å². The molecule has 1 saturated carbocycles. The molecule has 8 nitrogen and oxygen atoms in total. The van der Waals surface area contributed by atoms with Gasteiger partial charge in [-0.25, -0.2) is 4.98 Å². The molecule has 0 unspecified atom stereocenters. The number of nitriles is 1. The lowest BCUT2D eigenvalue weighted by molar-refractivity contribution is -0.115. The molecule has 2 aromatic carbocycles. The van der Waals surface area contributed by atoms with Crippen molar-refractivity contribution in [2.24, 2.45) is 5.92 Å². The predicted molar refractivity (Wildman–Crippen MR) is 142 cm³/mol. The molecule has 0 spiro atoms. The maximum Gasteiger partial charge on any atom is 0.238 e. The van der Waals surface area contributed by atoms with Gasteiger partial charge in [0.05, 0.1) is 23.6 Å². The first kappa shape index (κ1) is 25.8. The summed E-state index contributed by atoms with van der Waals surface area (Å²) in [6, 6.07) is 16.3. The van der Waals surface area contributed by atoms with Crippen molar-refractivity contribution in [3.63, 3.8) is 0 Å². The molecule has 0 radical (unpaired) electrons. The van der Waals surface area contributed by atoms with Crippen molar-refractivity contribution in [3.05, 3.63) is 54.1 Å². The fraction of sp³-hybridized carbons (Fsp3) is 0.269. The minimum Gasteiger partial charge on any atom is -0.507 e. The number of phenolic OH excluding ortho intramolecular Hbond substituents is 1. The van der Waals surface area contributed by atoms with Gasteiger partial charge < -0.3 is 26.4 Å². The molecule has 1 aromatic heterocycles. The maximum absolute atomic E-state index is 12.6. The third kappa shape index (κ3) is 6.01. The van der Waals surface area contributed by atoms with Gasteiger partial charge >= 0.3 is 0 Å². The number of hydrogen-bond acceptors (Lipinski definition) is 7. The molecule has 1 aliphatic carbocycles. The number of amides is 1. The van der Waals surface area contributed by atoms with Gasteiger partial charge in [0, 0.05) is 25.2 Å². The summed E-state index contributed by atoms with van der Waals surface area (Å²) in [5, 5.41) is 26.3. The molecule has 5 N–H and O–H groups in total. The molecule has 9 heteroatoms. The number of nitrogen functional groups attached to an aromatic ring is 1. The van der Waals surface area contributed by atoms with Crippen LogP contribution < -0.4 is 21.3 Å². The summed E-state index contributed by atoms with van der Waals surface area (Å²) in [6.45, 7) is 1.08. The van der Waals surface area contributed by atoms with Crippen LogP contribution in [0.4, 0.5) is 17.2 Å². The van der Waals surface area contributed by atoms with Crippen molar-refractivity contribution in [1.82, 2.24) is 10.3 Å². The lowest BCUT2D eigenvalue weighted by Gasteiger charge is -2.20. The van der Waals surface area contributed by atoms with Crippen LogP contribution in [0.1, 0.15) is 18.4 Å². The van der Waals surface area contributed by atoms with E-state index in [0.717, 1.165) is 12.2 Å². The number of hydrogen-bond donors (Lipinski definition) is 4. The molecule has 1 amide bonds. The SMILES string of the molecule is CN(C)c1ccc(-c2cc(-c3ccccc3O)nc(N)c2C#N)cc1NC(=O)CNCC1CC1.Cl. The Morgan fingerprint density at radius 2 is 1.94 bits per heavy atom. The molecule has 1 fully saturated rings. The number of benzene rings is 2. The van der Waals surface area contributed by atoms with E-state index in [1.165, 1.54) is 12.8 Å². The number of carbonyl (C=O) groups is 1. The molecular formula is C26H29ClN6O2. The van der Waals surface area contributed by atoms with Crippen LogP contribution in [0.25, 0.3) is 22.4 Å². The van der Waals surface area contributed by atoms with E-state index in [1.807, 2.05) is 37.2 Å². The first-order chi connectivity index (χ1) is 16.4. The van der Waals surface area contributed by atoms with Crippen molar-refractivity contribution < 1.29 is 9.90 Å². The summed E-state index contributed by atoms with van der Waals surface area (Å²) >= 11 is 0. The predicted octanol–water partition coefficient (Wildman–Crippen LogP) is 4.00. The second kappa shape index (κ2) is 11.1. The van der Waals surface area contributed by atoms with Crippen LogP contribution in [0.2, 0.25) is 0 Å². The molecule has 1 aliphatic rings. The number of para-hydroxylation sites is 1. The van der Waals surface area contributed by atoms with Gasteiger partial charge in [-0.05, 0) is 61.2 Å². The minimum atomic E-state index is -0.134. The average molecular weight is 493 g/mol. The number of nitrogens with zero attached hydrogens (tertiary/aromatic N) is 3. The molecule has 0 saturated heterocycles. The van der Waals surface area contributed by atoms with Crippen LogP contribution in [0.15, 0.2) is 48.5 Å². The summed E-state index contributed by atoms with van der Waals surface area (Å²) < 4.78 is 0. The lowest BCUT2D eigenvalue weighted by atomic mass is 9.97. The largest absolute Gasteiger partial charge is 0.507 e. The van der Waals surface area contributed by atoms with E-state index >= 15 is 0 Å². The number of nitrogens with two attached hydrogens (primary N) is 1. The number of anilines is 3. The second-order valence-corrected chi connectivity index (χ2v) is 8.69. The van der Waals surface area contributed by atoms with E-state index in [2.05, 4.69) is 21.7 Å². The van der Waals surface area contributed by atoms with Gasteiger partial charge in [-0.2, -0.15) is 5.26 Å². The Labute approximate surface area is 211 Å². The Morgan fingerprint density at radius 1 is 1.20 bits per heavy atom. The van der Waals surface area contributed by atoms with Gasteiger partial charge in [0.25, 0.3) is 0 Å². The molecule has 0 bridgehead atoms. The van der Waals surface area contributed by atoms with Crippen molar-refractivity contribution in [2.45, 2.75) is 12.8 Å². The van der Waals surface area contributed by atoms with Crippen LogP contribution in [0.5, 0.6) is 5.75 Å². The van der Waals surface area contributed by atoms with Crippen LogP contribution in [-0.2, 0) is 4.79 Å². The van der Waals surface area contributed by atoms with Gasteiger partial charge in [-0.1, -0.05) is 18.2 Å². The minimum absolute atomic E-state index is 0.